The van der Waals surface area contributed by atoms with E-state index in [1.807, 2.05) is 26.0 Å². The maximum atomic E-state index is 2.20. The molecule has 0 amide bonds. The van der Waals surface area contributed by atoms with Crippen molar-refractivity contribution >= 4 is 23.0 Å². The van der Waals surface area contributed by atoms with Gasteiger partial charge in [0.25, 0.3) is 0 Å². The van der Waals surface area contributed by atoms with E-state index in [4.69, 9.17) is 0 Å². The Bertz CT molecular complexity index is 983. The molecule has 1 aliphatic carbocycles. The largest absolute Gasteiger partial charge is 0.378 e. The Labute approximate surface area is 201 Å². The molecule has 0 radical (unpaired) electrons. The number of nitrogens with zero attached hydrogens (tertiary/aromatic N) is 3. The maximum Gasteiger partial charge on any atom is 0.0361 e. The van der Waals surface area contributed by atoms with Crippen LogP contribution in [0.4, 0.5) is 11.4 Å². The minimum absolute atomic E-state index is 1.02. The minimum Gasteiger partial charge on any atom is -0.378 e. The highest BCUT2D eigenvalue weighted by molar-refractivity contribution is 5.81. The van der Waals surface area contributed by atoms with Crippen LogP contribution in [0.3, 0.4) is 0 Å². The van der Waals surface area contributed by atoms with E-state index in [9.17, 15) is 0 Å². The van der Waals surface area contributed by atoms with Crippen molar-refractivity contribution in [1.82, 2.24) is 4.90 Å². The Kier molecular flexibility index (Phi) is 10.5. The van der Waals surface area contributed by atoms with Crippen LogP contribution in [0, 0.1) is 0 Å². The molecule has 0 unspecified atom stereocenters. The zero-order chi connectivity index (χ0) is 24.2. The third-order valence-corrected chi connectivity index (χ3v) is 4.93. The zero-order valence-electron chi connectivity index (χ0n) is 21.3. The highest BCUT2D eigenvalue weighted by atomic mass is 15.1. The van der Waals surface area contributed by atoms with Gasteiger partial charge in [0.05, 0.1) is 0 Å². The van der Waals surface area contributed by atoms with Crippen LogP contribution < -0.4 is 9.80 Å². The molecule has 174 valence electrons. The summed E-state index contributed by atoms with van der Waals surface area (Å²) in [6.07, 6.45) is 18.5. The minimum atomic E-state index is 1.02. The molecule has 0 atom stereocenters. The molecule has 33 heavy (non-hydrogen) atoms. The summed E-state index contributed by atoms with van der Waals surface area (Å²) in [6.45, 7) is 0. The molecule has 0 N–H and O–H groups in total. The molecule has 0 fully saturated rings. The van der Waals surface area contributed by atoms with Gasteiger partial charge in [-0.1, -0.05) is 72.9 Å². The van der Waals surface area contributed by atoms with E-state index in [0.29, 0.717) is 0 Å². The van der Waals surface area contributed by atoms with Crippen molar-refractivity contribution in [3.63, 3.8) is 0 Å². The molecule has 3 rings (SSSR count). The Hall–Kier alpha value is -3.30. The number of anilines is 2. The highest BCUT2D eigenvalue weighted by Gasteiger charge is 2.01. The van der Waals surface area contributed by atoms with E-state index in [2.05, 4.69) is 135 Å². The molecule has 0 saturated carbocycles. The quantitative estimate of drug-likeness (QED) is 0.472. The van der Waals surface area contributed by atoms with Crippen molar-refractivity contribution in [3.8, 4) is 0 Å². The first-order valence-electron chi connectivity index (χ1n) is 11.4. The van der Waals surface area contributed by atoms with Crippen LogP contribution in [0.15, 0.2) is 96.6 Å². The van der Waals surface area contributed by atoms with Crippen LogP contribution in [0.1, 0.15) is 17.5 Å². The number of hydrogen-bond acceptors (Lipinski definition) is 3. The van der Waals surface area contributed by atoms with Gasteiger partial charge in [-0.05, 0) is 74.1 Å². The summed E-state index contributed by atoms with van der Waals surface area (Å²) < 4.78 is 0. The lowest BCUT2D eigenvalue weighted by atomic mass is 10.0. The van der Waals surface area contributed by atoms with E-state index in [-0.39, 0.29) is 0 Å². The third kappa shape index (κ3) is 9.38. The molecule has 0 spiro atoms. The summed E-state index contributed by atoms with van der Waals surface area (Å²) in [5.74, 6) is 0. The molecule has 0 heterocycles. The number of benzene rings is 2. The predicted molar refractivity (Wildman–Crippen MR) is 149 cm³/mol. The van der Waals surface area contributed by atoms with Crippen LogP contribution in [-0.4, -0.2) is 54.2 Å². The van der Waals surface area contributed by atoms with Gasteiger partial charge in [-0.2, -0.15) is 0 Å². The van der Waals surface area contributed by atoms with Crippen molar-refractivity contribution < 1.29 is 0 Å². The van der Waals surface area contributed by atoms with Crippen molar-refractivity contribution in [3.05, 3.63) is 108 Å². The van der Waals surface area contributed by atoms with Gasteiger partial charge in [-0.15, -0.1) is 0 Å². The van der Waals surface area contributed by atoms with Crippen molar-refractivity contribution in [2.24, 2.45) is 0 Å². The molecular formula is C30H39N3. The molecule has 0 aromatic heterocycles. The molecule has 0 bridgehead atoms. The smallest absolute Gasteiger partial charge is 0.0361 e. The fraction of sp³-hybridized carbons (Fsp3) is 0.267. The van der Waals surface area contributed by atoms with Crippen LogP contribution in [0.25, 0.3) is 11.6 Å². The topological polar surface area (TPSA) is 9.72 Å². The number of rotatable bonds is 6. The van der Waals surface area contributed by atoms with Crippen molar-refractivity contribution in [2.45, 2.75) is 6.42 Å². The molecule has 0 saturated heterocycles. The normalized spacial score (nSPS) is 13.2. The summed E-state index contributed by atoms with van der Waals surface area (Å²) in [5, 5.41) is 0. The van der Waals surface area contributed by atoms with Gasteiger partial charge in [-0.3, -0.25) is 0 Å². The van der Waals surface area contributed by atoms with E-state index in [1.54, 1.807) is 0 Å². The summed E-state index contributed by atoms with van der Waals surface area (Å²) in [5.41, 5.74) is 7.22. The van der Waals surface area contributed by atoms with Crippen LogP contribution >= 0.6 is 0 Å². The van der Waals surface area contributed by atoms with E-state index in [1.165, 1.54) is 33.6 Å². The highest BCUT2D eigenvalue weighted by Crippen LogP contribution is 2.23. The Morgan fingerprint density at radius 1 is 0.697 bits per heavy atom. The molecule has 2 aromatic carbocycles. The van der Waals surface area contributed by atoms with Crippen LogP contribution in [0.2, 0.25) is 0 Å². The van der Waals surface area contributed by atoms with Gasteiger partial charge in [-0.25, -0.2) is 0 Å². The monoisotopic (exact) mass is 441 g/mol. The first kappa shape index (κ1) is 26.0. The van der Waals surface area contributed by atoms with Gasteiger partial charge in [0.2, 0.25) is 0 Å². The van der Waals surface area contributed by atoms with Gasteiger partial charge in [0.1, 0.15) is 0 Å². The molecule has 1 aliphatic rings. The standard InChI is InChI=1S/C27H30N2.C3H9N/c1-28(2)26-18-12-23(13-19-26)11-15-24(14-10-22-8-6-5-7-9-22)25-16-20-27(21-17-25)29(3)4;1-4(2)3/h6-21H,5H2,1-4H3;1-3H3/b15-11+,24-14-;. The molecule has 2 aromatic rings. The van der Waals surface area contributed by atoms with Gasteiger partial charge in [0, 0.05) is 39.6 Å². The first-order chi connectivity index (χ1) is 15.8. The number of hydrogen-bond donors (Lipinski definition) is 0. The summed E-state index contributed by atoms with van der Waals surface area (Å²) in [7, 11) is 14.2. The Morgan fingerprint density at radius 2 is 1.18 bits per heavy atom. The lowest BCUT2D eigenvalue weighted by Gasteiger charge is -2.13. The summed E-state index contributed by atoms with van der Waals surface area (Å²) >= 11 is 0. The van der Waals surface area contributed by atoms with Crippen molar-refractivity contribution in [1.29, 1.82) is 0 Å². The van der Waals surface area contributed by atoms with Gasteiger partial charge >= 0.3 is 0 Å². The lowest BCUT2D eigenvalue weighted by molar-refractivity contribution is 0.505. The lowest BCUT2D eigenvalue weighted by Crippen LogP contribution is -2.08. The van der Waals surface area contributed by atoms with E-state index >= 15 is 0 Å². The first-order valence-corrected chi connectivity index (χ1v) is 11.4. The second-order valence-electron chi connectivity index (χ2n) is 8.93. The summed E-state index contributed by atoms with van der Waals surface area (Å²) in [4.78, 5) is 6.23. The summed E-state index contributed by atoms with van der Waals surface area (Å²) in [6, 6.07) is 17.3. The average molecular weight is 442 g/mol. The average Bonchev–Trinajstić information content (AvgIpc) is 2.80. The van der Waals surface area contributed by atoms with Crippen LogP contribution in [-0.2, 0) is 0 Å². The Morgan fingerprint density at radius 3 is 1.67 bits per heavy atom. The molecular weight excluding hydrogens is 402 g/mol. The SMILES string of the molecule is CN(C)C.CN(C)c1ccc(/C=C/C(=C/C=C2C=CCC=C2)c2ccc(N(C)C)cc2)cc1. The van der Waals surface area contributed by atoms with E-state index in [0.717, 1.165) is 6.42 Å². The molecule has 3 heteroatoms. The fourth-order valence-electron chi connectivity index (χ4n) is 3.11. The Balaban J connectivity index is 0.000000890. The second kappa shape index (κ2) is 13.3. The molecule has 0 aliphatic heterocycles. The third-order valence-electron chi connectivity index (χ3n) is 4.93. The van der Waals surface area contributed by atoms with Gasteiger partial charge in [0.15, 0.2) is 0 Å². The predicted octanol–water partition coefficient (Wildman–Crippen LogP) is 6.54. The number of allylic oxidation sites excluding steroid dienone is 9. The second-order valence-corrected chi connectivity index (χ2v) is 8.93. The van der Waals surface area contributed by atoms with E-state index < -0.39 is 0 Å². The maximum absolute atomic E-state index is 2.20. The molecule has 3 nitrogen and oxygen atoms in total. The zero-order valence-corrected chi connectivity index (χ0v) is 21.3. The van der Waals surface area contributed by atoms with Gasteiger partial charge < -0.3 is 14.7 Å². The fourth-order valence-corrected chi connectivity index (χ4v) is 3.11. The van der Waals surface area contributed by atoms with Crippen LogP contribution in [0.5, 0.6) is 0 Å². The van der Waals surface area contributed by atoms with Crippen molar-refractivity contribution in [2.75, 3.05) is 59.1 Å².